The Bertz CT molecular complexity index is 1220. The van der Waals surface area contributed by atoms with Gasteiger partial charge in [-0.05, 0) is 23.3 Å². The van der Waals surface area contributed by atoms with Gasteiger partial charge in [-0.2, -0.15) is 5.26 Å². The average Bonchev–Trinajstić information content (AvgIpc) is 3.40. The Morgan fingerprint density at radius 1 is 1.13 bits per heavy atom. The van der Waals surface area contributed by atoms with Crippen LogP contribution in [0.3, 0.4) is 0 Å². The Labute approximate surface area is 190 Å². The van der Waals surface area contributed by atoms with Gasteiger partial charge in [-0.3, -0.25) is 4.79 Å². The molecule has 4 aromatic rings. The van der Waals surface area contributed by atoms with Crippen LogP contribution in [-0.2, 0) is 10.5 Å². The van der Waals surface area contributed by atoms with E-state index in [2.05, 4.69) is 57.6 Å². The van der Waals surface area contributed by atoms with Crippen molar-refractivity contribution in [1.82, 2.24) is 15.2 Å². The maximum Gasteiger partial charge on any atom is 0.175 e. The van der Waals surface area contributed by atoms with Crippen LogP contribution in [0.1, 0.15) is 22.2 Å². The highest BCUT2D eigenvalue weighted by molar-refractivity contribution is 8.03. The summed E-state index contributed by atoms with van der Waals surface area (Å²) in [6.07, 6.45) is 0. The van der Waals surface area contributed by atoms with Gasteiger partial charge in [0, 0.05) is 16.8 Å². The first-order valence-corrected chi connectivity index (χ1v) is 12.7. The van der Waals surface area contributed by atoms with Gasteiger partial charge >= 0.3 is 0 Å². The molecule has 0 radical (unpaired) electrons. The number of thiazole rings is 1. The number of rotatable bonds is 8. The Kier molecular flexibility index (Phi) is 6.79. The standard InChI is InChI=1S/C21H16N4OS4/c1-13-10-27-19(23-13)17(9-22)18(26)12-29-21-25-24-20(30-21)28-11-15-7-4-6-14-5-2-3-8-16(14)15/h2-8,10,17H,11-12H2,1H3. The second-order valence-corrected chi connectivity index (χ2v) is 10.7. The summed E-state index contributed by atoms with van der Waals surface area (Å²) < 4.78 is 1.60. The SMILES string of the molecule is Cc1csc(C(C#N)C(=O)CSc2nnc(SCc3cccc4ccccc34)s2)n1. The number of fused-ring (bicyclic) bond motifs is 1. The van der Waals surface area contributed by atoms with E-state index in [1.165, 1.54) is 50.8 Å². The number of nitriles is 1. The number of thioether (sulfide) groups is 2. The van der Waals surface area contributed by atoms with Crippen LogP contribution in [0.15, 0.2) is 56.5 Å². The zero-order valence-corrected chi connectivity index (χ0v) is 19.2. The first-order chi connectivity index (χ1) is 14.6. The third-order valence-corrected chi connectivity index (χ3v) is 8.58. The molecule has 0 aliphatic carbocycles. The summed E-state index contributed by atoms with van der Waals surface area (Å²) in [5, 5.41) is 22.7. The van der Waals surface area contributed by atoms with Gasteiger partial charge in [-0.25, -0.2) is 4.98 Å². The maximum atomic E-state index is 12.5. The van der Waals surface area contributed by atoms with Crippen molar-refractivity contribution >= 4 is 62.8 Å². The number of Topliss-reactive ketones (excluding diaryl/α,β-unsaturated/α-hetero) is 1. The molecule has 9 heteroatoms. The Hall–Kier alpha value is -2.25. The highest BCUT2D eigenvalue weighted by Gasteiger charge is 2.23. The number of hydrogen-bond donors (Lipinski definition) is 0. The third-order valence-electron chi connectivity index (χ3n) is 4.29. The zero-order chi connectivity index (χ0) is 20.9. The molecule has 150 valence electrons. The van der Waals surface area contributed by atoms with Crippen molar-refractivity contribution in [3.05, 3.63) is 64.1 Å². The van der Waals surface area contributed by atoms with Crippen LogP contribution >= 0.6 is 46.2 Å². The molecule has 0 saturated heterocycles. The summed E-state index contributed by atoms with van der Waals surface area (Å²) in [4.78, 5) is 16.7. The van der Waals surface area contributed by atoms with Gasteiger partial charge in [-0.15, -0.1) is 21.5 Å². The van der Waals surface area contributed by atoms with E-state index in [1.807, 2.05) is 18.4 Å². The fourth-order valence-electron chi connectivity index (χ4n) is 2.86. The summed E-state index contributed by atoms with van der Waals surface area (Å²) in [5.41, 5.74) is 2.08. The minimum absolute atomic E-state index is 0.156. The minimum atomic E-state index is -0.815. The van der Waals surface area contributed by atoms with E-state index >= 15 is 0 Å². The van der Waals surface area contributed by atoms with E-state index in [-0.39, 0.29) is 11.5 Å². The molecule has 0 N–H and O–H groups in total. The average molecular weight is 469 g/mol. The quantitative estimate of drug-likeness (QED) is 0.306. The van der Waals surface area contributed by atoms with Crippen molar-refractivity contribution in [3.63, 3.8) is 0 Å². The molecule has 0 aliphatic rings. The molecule has 0 saturated carbocycles. The predicted octanol–water partition coefficient (Wildman–Crippen LogP) is 5.72. The van der Waals surface area contributed by atoms with E-state index in [1.54, 1.807) is 11.8 Å². The Balaban J connectivity index is 1.35. The summed E-state index contributed by atoms with van der Waals surface area (Å²) in [7, 11) is 0. The molecule has 1 unspecified atom stereocenters. The molecule has 2 heterocycles. The summed E-state index contributed by atoms with van der Waals surface area (Å²) >= 11 is 5.79. The second-order valence-electron chi connectivity index (χ2n) is 6.41. The molecule has 0 spiro atoms. The van der Waals surface area contributed by atoms with E-state index in [4.69, 9.17) is 0 Å². The molecule has 5 nitrogen and oxygen atoms in total. The lowest BCUT2D eigenvalue weighted by Gasteiger charge is -2.04. The molecule has 1 atom stereocenters. The third kappa shape index (κ3) is 4.90. The molecule has 2 aromatic heterocycles. The van der Waals surface area contributed by atoms with Gasteiger partial charge in [0.2, 0.25) is 0 Å². The smallest absolute Gasteiger partial charge is 0.175 e. The van der Waals surface area contributed by atoms with Crippen LogP contribution in [0.5, 0.6) is 0 Å². The Morgan fingerprint density at radius 2 is 1.90 bits per heavy atom. The number of aryl methyl sites for hydroxylation is 1. The lowest BCUT2D eigenvalue weighted by molar-refractivity contribution is -0.116. The van der Waals surface area contributed by atoms with Crippen LogP contribution in [0.2, 0.25) is 0 Å². The fraction of sp³-hybridized carbons (Fsp3) is 0.190. The van der Waals surface area contributed by atoms with Gasteiger partial charge < -0.3 is 0 Å². The minimum Gasteiger partial charge on any atom is -0.297 e. The topological polar surface area (TPSA) is 79.5 Å². The van der Waals surface area contributed by atoms with Gasteiger partial charge in [0.25, 0.3) is 0 Å². The molecule has 30 heavy (non-hydrogen) atoms. The number of carbonyl (C=O) groups is 1. The van der Waals surface area contributed by atoms with Crippen molar-refractivity contribution < 1.29 is 4.79 Å². The molecule has 0 aliphatic heterocycles. The van der Waals surface area contributed by atoms with Gasteiger partial charge in [-0.1, -0.05) is 77.3 Å². The molecule has 0 fully saturated rings. The van der Waals surface area contributed by atoms with Crippen molar-refractivity contribution in [2.45, 2.75) is 27.3 Å². The number of nitrogens with zero attached hydrogens (tertiary/aromatic N) is 4. The van der Waals surface area contributed by atoms with Crippen LogP contribution in [0, 0.1) is 18.3 Å². The van der Waals surface area contributed by atoms with E-state index < -0.39 is 5.92 Å². The van der Waals surface area contributed by atoms with Crippen LogP contribution in [-0.4, -0.2) is 26.7 Å². The van der Waals surface area contributed by atoms with Gasteiger partial charge in [0.05, 0.1) is 11.8 Å². The van der Waals surface area contributed by atoms with E-state index in [0.717, 1.165) is 20.1 Å². The molecule has 0 bridgehead atoms. The van der Waals surface area contributed by atoms with Crippen molar-refractivity contribution in [3.8, 4) is 6.07 Å². The molecule has 0 amide bonds. The zero-order valence-electron chi connectivity index (χ0n) is 15.9. The fourth-order valence-corrected chi connectivity index (χ4v) is 6.65. The Morgan fingerprint density at radius 3 is 2.67 bits per heavy atom. The monoisotopic (exact) mass is 468 g/mol. The molecular weight excluding hydrogens is 453 g/mol. The largest absolute Gasteiger partial charge is 0.297 e. The number of carbonyl (C=O) groups excluding carboxylic acids is 1. The predicted molar refractivity (Wildman–Crippen MR) is 124 cm³/mol. The first kappa shape index (κ1) is 21.0. The van der Waals surface area contributed by atoms with E-state index in [0.29, 0.717) is 5.01 Å². The van der Waals surface area contributed by atoms with Crippen LogP contribution in [0.25, 0.3) is 10.8 Å². The second kappa shape index (κ2) is 9.71. The summed E-state index contributed by atoms with van der Waals surface area (Å²) in [5.74, 6) is 0.0141. The molecule has 4 rings (SSSR count). The first-order valence-electron chi connectivity index (χ1n) is 9.04. The van der Waals surface area contributed by atoms with Crippen LogP contribution < -0.4 is 0 Å². The number of ketones is 1. The summed E-state index contributed by atoms with van der Waals surface area (Å²) in [6.45, 7) is 1.85. The molecule has 2 aromatic carbocycles. The van der Waals surface area contributed by atoms with E-state index in [9.17, 15) is 10.1 Å². The van der Waals surface area contributed by atoms with Crippen molar-refractivity contribution in [2.75, 3.05) is 5.75 Å². The van der Waals surface area contributed by atoms with Crippen LogP contribution in [0.4, 0.5) is 0 Å². The summed E-state index contributed by atoms with van der Waals surface area (Å²) in [6, 6.07) is 16.7. The maximum absolute atomic E-state index is 12.5. The van der Waals surface area contributed by atoms with Gasteiger partial charge in [0.1, 0.15) is 5.01 Å². The lowest BCUT2D eigenvalue weighted by Crippen LogP contribution is -2.13. The number of aromatic nitrogens is 3. The van der Waals surface area contributed by atoms with Gasteiger partial charge in [0.15, 0.2) is 20.4 Å². The molecular formula is C21H16N4OS4. The van der Waals surface area contributed by atoms with Crippen molar-refractivity contribution in [2.24, 2.45) is 0 Å². The number of hydrogen-bond acceptors (Lipinski definition) is 9. The normalized spacial score (nSPS) is 12.0. The highest BCUT2D eigenvalue weighted by atomic mass is 32.2. The number of benzene rings is 2. The van der Waals surface area contributed by atoms with Crippen molar-refractivity contribution in [1.29, 1.82) is 5.26 Å². The highest BCUT2D eigenvalue weighted by Crippen LogP contribution is 2.33. The lowest BCUT2D eigenvalue weighted by atomic mass is 10.1.